The van der Waals surface area contributed by atoms with E-state index in [1.165, 1.54) is 0 Å². The van der Waals surface area contributed by atoms with Gasteiger partial charge in [0, 0.05) is 11.5 Å². The molecule has 5 aliphatic rings. The average molecular weight is 849 g/mol. The number of carbonyl (C=O) groups excluding carboxylic acids is 4. The number of allylic oxidation sites excluding steroid dienone is 1. The first-order valence-corrected chi connectivity index (χ1v) is 22.5. The van der Waals surface area contributed by atoms with Crippen LogP contribution in [0.2, 0.25) is 0 Å². The molecule has 13 atom stereocenters. The molecule has 0 amide bonds. The molecule has 330 valence electrons. The lowest BCUT2D eigenvalue weighted by Crippen LogP contribution is -2.63. The van der Waals surface area contributed by atoms with E-state index in [0.717, 1.165) is 44.9 Å². The number of ether oxygens (including phenoxy) is 6. The van der Waals surface area contributed by atoms with E-state index in [0.29, 0.717) is 36.8 Å². The summed E-state index contributed by atoms with van der Waals surface area (Å²) in [5.74, 6) is -1.42. The Morgan fingerprint density at radius 1 is 0.694 bits per heavy atom. The van der Waals surface area contributed by atoms with Gasteiger partial charge in [0.15, 0.2) is 24.6 Å². The van der Waals surface area contributed by atoms with Gasteiger partial charge >= 0.3 is 23.9 Å². The zero-order chi connectivity index (χ0) is 43.6. The van der Waals surface area contributed by atoms with Crippen LogP contribution >= 0.6 is 0 Å². The second-order valence-electron chi connectivity index (χ2n) is 18.6. The average Bonchev–Trinajstić information content (AvgIpc) is 3.55. The minimum absolute atomic E-state index is 0.0247. The van der Waals surface area contributed by atoms with E-state index in [9.17, 15) is 24.3 Å². The third-order valence-corrected chi connectivity index (χ3v) is 15.4. The molecule has 4 aliphatic carbocycles. The molecule has 0 radical (unpaired) electrons. The molecule has 1 heterocycles. The highest BCUT2D eigenvalue weighted by Gasteiger charge is 2.67. The number of carbonyl (C=O) groups is 4. The molecule has 8 rings (SSSR count). The molecular formula is C51H60O11. The van der Waals surface area contributed by atoms with Crippen molar-refractivity contribution in [2.45, 2.75) is 128 Å². The predicted octanol–water partition coefficient (Wildman–Crippen LogP) is 8.69. The van der Waals surface area contributed by atoms with E-state index < -0.39 is 54.2 Å². The smallest absolute Gasteiger partial charge is 0.338 e. The van der Waals surface area contributed by atoms with Gasteiger partial charge in [-0.15, -0.1) is 0 Å². The van der Waals surface area contributed by atoms with E-state index in [1.807, 2.05) is 6.08 Å². The van der Waals surface area contributed by atoms with Gasteiger partial charge in [-0.05, 0) is 137 Å². The van der Waals surface area contributed by atoms with E-state index in [4.69, 9.17) is 28.4 Å². The van der Waals surface area contributed by atoms with Gasteiger partial charge in [0.05, 0.1) is 41.1 Å². The van der Waals surface area contributed by atoms with Crippen molar-refractivity contribution in [1.29, 1.82) is 0 Å². The molecule has 11 heteroatoms. The van der Waals surface area contributed by atoms with Crippen molar-refractivity contribution in [2.24, 2.45) is 34.5 Å². The molecule has 62 heavy (non-hydrogen) atoms. The number of esters is 4. The Bertz CT molecular complexity index is 2090. The first-order valence-electron chi connectivity index (χ1n) is 22.5. The topological polar surface area (TPSA) is 144 Å². The molecule has 3 aromatic rings. The maximum absolute atomic E-state index is 13.9. The minimum atomic E-state index is -1.30. The minimum Gasteiger partial charge on any atom is -0.463 e. The summed E-state index contributed by atoms with van der Waals surface area (Å²) in [5, 5.41) is 12.7. The molecule has 5 fully saturated rings. The van der Waals surface area contributed by atoms with E-state index >= 15 is 0 Å². The van der Waals surface area contributed by atoms with Crippen LogP contribution in [0.1, 0.15) is 117 Å². The lowest BCUT2D eigenvalue weighted by atomic mass is 9.43. The highest BCUT2D eigenvalue weighted by atomic mass is 16.7. The van der Waals surface area contributed by atoms with Crippen LogP contribution in [0.25, 0.3) is 0 Å². The van der Waals surface area contributed by atoms with Crippen molar-refractivity contribution in [3.05, 3.63) is 120 Å². The molecule has 0 aromatic heterocycles. The van der Waals surface area contributed by atoms with E-state index in [1.54, 1.807) is 111 Å². The zero-order valence-corrected chi connectivity index (χ0v) is 36.2. The van der Waals surface area contributed by atoms with Gasteiger partial charge in [-0.3, -0.25) is 0 Å². The Morgan fingerprint density at radius 3 is 1.84 bits per heavy atom. The first kappa shape index (κ1) is 43.8. The van der Waals surface area contributed by atoms with Gasteiger partial charge in [0.2, 0.25) is 0 Å². The van der Waals surface area contributed by atoms with Gasteiger partial charge in [0.25, 0.3) is 0 Å². The quantitative estimate of drug-likeness (QED) is 0.0857. The zero-order valence-electron chi connectivity index (χ0n) is 36.2. The van der Waals surface area contributed by atoms with Crippen LogP contribution in [0.15, 0.2) is 103 Å². The van der Waals surface area contributed by atoms with Crippen molar-refractivity contribution in [3.8, 4) is 0 Å². The van der Waals surface area contributed by atoms with Gasteiger partial charge in [-0.25, -0.2) is 19.2 Å². The predicted molar refractivity (Wildman–Crippen MR) is 229 cm³/mol. The summed E-state index contributed by atoms with van der Waals surface area (Å²) in [6, 6.07) is 25.5. The van der Waals surface area contributed by atoms with Crippen LogP contribution in [0.5, 0.6) is 0 Å². The SMILES string of the molecule is CCOC(=O)/C=C/[C@H]1CC[C@]2(O)[C@@H]3CC[C@@H]4C[C@@H](O[C@@H]5O[C@@H](C)[C@H](OC(=O)c6ccccc6)[C@@H](OC(=O)c6ccccc6)[C@H]5OC(=O)c5ccccc5)CC[C@]4(C)[C@H]3CC[C@]12C. The van der Waals surface area contributed by atoms with E-state index in [-0.39, 0.29) is 45.9 Å². The van der Waals surface area contributed by atoms with Crippen molar-refractivity contribution >= 4 is 23.9 Å². The summed E-state index contributed by atoms with van der Waals surface area (Å²) in [7, 11) is 0. The van der Waals surface area contributed by atoms with Crippen molar-refractivity contribution in [3.63, 3.8) is 0 Å². The fourth-order valence-electron chi connectivity index (χ4n) is 12.0. The standard InChI is InChI=1S/C51H60O11/c1-5-57-41(52)24-22-36-25-30-51(56)40-23-21-37-31-38(26-28-49(37,3)39(40)27-29-50(36,51)4)59-48-44(62-47(55)35-19-13-8-14-20-35)43(61-46(54)34-17-11-7-12-18-34)42(32(2)58-48)60-45(53)33-15-9-6-10-16-33/h6-20,22,24,32,36-40,42-44,48,56H,5,21,23,25-31H2,1-4H3/b24-22+/t32-,36-,37+,38-,39-,40+,42-,43+,44+,48-,49-,50+,51-/m0/s1. The van der Waals surface area contributed by atoms with Crippen LogP contribution in [-0.4, -0.2) is 78.0 Å². The van der Waals surface area contributed by atoms with Crippen molar-refractivity contribution in [2.75, 3.05) is 6.61 Å². The largest absolute Gasteiger partial charge is 0.463 e. The molecule has 11 nitrogen and oxygen atoms in total. The van der Waals surface area contributed by atoms with Crippen LogP contribution in [0.3, 0.4) is 0 Å². The summed E-state index contributed by atoms with van der Waals surface area (Å²) >= 11 is 0. The van der Waals surface area contributed by atoms with Crippen LogP contribution in [0, 0.1) is 34.5 Å². The normalized spacial score (nSPS) is 36.3. The van der Waals surface area contributed by atoms with Crippen molar-refractivity contribution in [1.82, 2.24) is 0 Å². The lowest BCUT2D eigenvalue weighted by molar-refractivity contribution is -0.308. The van der Waals surface area contributed by atoms with Gasteiger partial charge in [0.1, 0.15) is 0 Å². The highest BCUT2D eigenvalue weighted by molar-refractivity contribution is 5.91. The Labute approximate surface area is 364 Å². The summed E-state index contributed by atoms with van der Waals surface area (Å²) in [5.41, 5.74) is -0.303. The number of benzene rings is 3. The molecule has 4 saturated carbocycles. The second kappa shape index (κ2) is 18.1. The molecule has 1 aliphatic heterocycles. The Balaban J connectivity index is 1.03. The van der Waals surface area contributed by atoms with Gasteiger partial charge in [-0.2, -0.15) is 0 Å². The Kier molecular flexibility index (Phi) is 12.8. The Morgan fingerprint density at radius 2 is 1.26 bits per heavy atom. The molecule has 3 aromatic carbocycles. The van der Waals surface area contributed by atoms with Crippen LogP contribution in [-0.2, 0) is 33.2 Å². The van der Waals surface area contributed by atoms with Gasteiger partial charge < -0.3 is 33.5 Å². The molecule has 1 N–H and O–H groups in total. The molecule has 1 saturated heterocycles. The Hall–Kier alpha value is -4.84. The highest BCUT2D eigenvalue weighted by Crippen LogP contribution is 2.69. The summed E-state index contributed by atoms with van der Waals surface area (Å²) in [6.45, 7) is 8.49. The van der Waals surface area contributed by atoms with Crippen LogP contribution < -0.4 is 0 Å². The number of hydrogen-bond acceptors (Lipinski definition) is 11. The number of fused-ring (bicyclic) bond motifs is 5. The second-order valence-corrected chi connectivity index (χ2v) is 18.6. The van der Waals surface area contributed by atoms with E-state index in [2.05, 4.69) is 13.8 Å². The maximum Gasteiger partial charge on any atom is 0.338 e. The monoisotopic (exact) mass is 848 g/mol. The third kappa shape index (κ3) is 8.36. The first-order chi connectivity index (χ1) is 29.8. The summed E-state index contributed by atoms with van der Waals surface area (Å²) in [6.07, 6.45) is 5.14. The molecule has 0 spiro atoms. The van der Waals surface area contributed by atoms with Crippen LogP contribution in [0.4, 0.5) is 0 Å². The van der Waals surface area contributed by atoms with Gasteiger partial charge in [-0.1, -0.05) is 74.5 Å². The maximum atomic E-state index is 13.9. The van der Waals surface area contributed by atoms with Crippen molar-refractivity contribution < 1.29 is 52.7 Å². The number of rotatable bonds is 11. The lowest BCUT2D eigenvalue weighted by Gasteiger charge is -2.63. The number of aliphatic hydroxyl groups is 1. The third-order valence-electron chi connectivity index (χ3n) is 15.4. The fourth-order valence-corrected chi connectivity index (χ4v) is 12.0. The summed E-state index contributed by atoms with van der Waals surface area (Å²) < 4.78 is 37.1. The molecular weight excluding hydrogens is 789 g/mol. The molecule has 0 bridgehead atoms. The number of hydrogen-bond donors (Lipinski definition) is 1. The summed E-state index contributed by atoms with van der Waals surface area (Å²) in [4.78, 5) is 53.5. The fraction of sp³-hybridized carbons (Fsp3) is 0.529. The molecule has 0 unspecified atom stereocenters.